The first-order chi connectivity index (χ1) is 6.59. The third-order valence-corrected chi connectivity index (χ3v) is 2.53. The van der Waals surface area contributed by atoms with Gasteiger partial charge in [0.05, 0.1) is 0 Å². The molecule has 0 radical (unpaired) electrons. The molecule has 0 saturated carbocycles. The largest absolute Gasteiger partial charge is 0.324 e. The maximum Gasteiger partial charge on any atom is 0.0295 e. The Morgan fingerprint density at radius 2 is 1.93 bits per heavy atom. The minimum atomic E-state index is 0.206. The van der Waals surface area contributed by atoms with Crippen LogP contribution in [-0.2, 0) is 0 Å². The maximum absolute atomic E-state index is 6.11. The van der Waals surface area contributed by atoms with Gasteiger partial charge < -0.3 is 5.73 Å². The number of nitrogens with two attached hydrogens (primary N) is 1. The lowest BCUT2D eigenvalue weighted by molar-refractivity contribution is 0.507. The molecular weight excluding hydrogens is 170 g/mol. The molecule has 0 fully saturated rings. The summed E-state index contributed by atoms with van der Waals surface area (Å²) in [6, 6.07) is 8.71. The van der Waals surface area contributed by atoms with Gasteiger partial charge in [0.15, 0.2) is 0 Å². The highest BCUT2D eigenvalue weighted by molar-refractivity contribution is 5.24. The zero-order valence-corrected chi connectivity index (χ0v) is 9.46. The van der Waals surface area contributed by atoms with Crippen molar-refractivity contribution >= 4 is 0 Å². The maximum atomic E-state index is 6.11. The quantitative estimate of drug-likeness (QED) is 0.775. The minimum absolute atomic E-state index is 0.206. The highest BCUT2D eigenvalue weighted by Crippen LogP contribution is 2.19. The van der Waals surface area contributed by atoms with Crippen LogP contribution in [0.1, 0.15) is 43.9 Å². The second kappa shape index (κ2) is 5.16. The Bertz CT molecular complexity index is 278. The Morgan fingerprint density at radius 1 is 1.21 bits per heavy atom. The Labute approximate surface area is 87.3 Å². The molecule has 1 rings (SSSR count). The second-order valence-electron chi connectivity index (χ2n) is 4.49. The van der Waals surface area contributed by atoms with Crippen LogP contribution in [0.3, 0.4) is 0 Å². The third kappa shape index (κ3) is 3.51. The van der Waals surface area contributed by atoms with Gasteiger partial charge in [0.25, 0.3) is 0 Å². The van der Waals surface area contributed by atoms with E-state index in [1.807, 2.05) is 0 Å². The van der Waals surface area contributed by atoms with Gasteiger partial charge in [-0.1, -0.05) is 43.7 Å². The monoisotopic (exact) mass is 191 g/mol. The Kier molecular flexibility index (Phi) is 4.15. The SMILES string of the molecule is Cc1cccc(C(N)CCC(C)C)c1. The van der Waals surface area contributed by atoms with Crippen LogP contribution in [0.5, 0.6) is 0 Å². The predicted octanol–water partition coefficient (Wildman–Crippen LogP) is 3.43. The molecule has 0 aliphatic carbocycles. The number of rotatable bonds is 4. The van der Waals surface area contributed by atoms with E-state index in [1.165, 1.54) is 17.5 Å². The lowest BCUT2D eigenvalue weighted by atomic mass is 9.97. The summed E-state index contributed by atoms with van der Waals surface area (Å²) in [4.78, 5) is 0. The molecule has 0 spiro atoms. The fourth-order valence-corrected chi connectivity index (χ4v) is 1.58. The molecule has 1 heteroatoms. The van der Waals surface area contributed by atoms with E-state index in [9.17, 15) is 0 Å². The van der Waals surface area contributed by atoms with Crippen molar-refractivity contribution in [2.45, 2.75) is 39.7 Å². The second-order valence-corrected chi connectivity index (χ2v) is 4.49. The van der Waals surface area contributed by atoms with Crippen molar-refractivity contribution in [1.82, 2.24) is 0 Å². The van der Waals surface area contributed by atoms with Crippen LogP contribution in [0.4, 0.5) is 0 Å². The minimum Gasteiger partial charge on any atom is -0.324 e. The Morgan fingerprint density at radius 3 is 2.50 bits per heavy atom. The van der Waals surface area contributed by atoms with Gasteiger partial charge in [0.2, 0.25) is 0 Å². The van der Waals surface area contributed by atoms with Crippen LogP contribution in [0.15, 0.2) is 24.3 Å². The summed E-state index contributed by atoms with van der Waals surface area (Å²) in [6.07, 6.45) is 2.29. The van der Waals surface area contributed by atoms with Crippen LogP contribution in [0.2, 0.25) is 0 Å². The molecule has 0 amide bonds. The summed E-state index contributed by atoms with van der Waals surface area (Å²) < 4.78 is 0. The molecule has 1 atom stereocenters. The lowest BCUT2D eigenvalue weighted by Gasteiger charge is -2.13. The van der Waals surface area contributed by atoms with Crippen LogP contribution in [-0.4, -0.2) is 0 Å². The first-order valence-electron chi connectivity index (χ1n) is 5.41. The summed E-state index contributed by atoms with van der Waals surface area (Å²) in [5.74, 6) is 0.742. The van der Waals surface area contributed by atoms with Crippen molar-refractivity contribution in [2.24, 2.45) is 11.7 Å². The van der Waals surface area contributed by atoms with Gasteiger partial charge in [-0.3, -0.25) is 0 Å². The standard InChI is InChI=1S/C13H21N/c1-10(2)7-8-13(14)12-6-4-5-11(3)9-12/h4-6,9-10,13H,7-8,14H2,1-3H3. The molecule has 1 nitrogen and oxygen atoms in total. The van der Waals surface area contributed by atoms with Crippen molar-refractivity contribution in [3.63, 3.8) is 0 Å². The molecular formula is C13H21N. The summed E-state index contributed by atoms with van der Waals surface area (Å²) in [7, 11) is 0. The van der Waals surface area contributed by atoms with Crippen LogP contribution >= 0.6 is 0 Å². The van der Waals surface area contributed by atoms with E-state index in [2.05, 4.69) is 45.0 Å². The number of aryl methyl sites for hydroxylation is 1. The predicted molar refractivity (Wildman–Crippen MR) is 62.2 cm³/mol. The normalized spacial score (nSPS) is 13.2. The van der Waals surface area contributed by atoms with E-state index >= 15 is 0 Å². The van der Waals surface area contributed by atoms with E-state index in [0.29, 0.717) is 0 Å². The van der Waals surface area contributed by atoms with Crippen molar-refractivity contribution in [2.75, 3.05) is 0 Å². The number of hydrogen-bond acceptors (Lipinski definition) is 1. The third-order valence-electron chi connectivity index (χ3n) is 2.53. The van der Waals surface area contributed by atoms with Crippen LogP contribution < -0.4 is 5.73 Å². The zero-order valence-electron chi connectivity index (χ0n) is 9.46. The van der Waals surface area contributed by atoms with E-state index in [0.717, 1.165) is 12.3 Å². The van der Waals surface area contributed by atoms with Gasteiger partial charge in [-0.05, 0) is 31.2 Å². The van der Waals surface area contributed by atoms with Crippen molar-refractivity contribution < 1.29 is 0 Å². The van der Waals surface area contributed by atoms with Gasteiger partial charge >= 0.3 is 0 Å². The van der Waals surface area contributed by atoms with Gasteiger partial charge in [0.1, 0.15) is 0 Å². The molecule has 1 aromatic carbocycles. The molecule has 0 aliphatic rings. The van der Waals surface area contributed by atoms with E-state index in [-0.39, 0.29) is 6.04 Å². The molecule has 0 aromatic heterocycles. The van der Waals surface area contributed by atoms with E-state index < -0.39 is 0 Å². The summed E-state index contributed by atoms with van der Waals surface area (Å²) in [5, 5.41) is 0. The lowest BCUT2D eigenvalue weighted by Crippen LogP contribution is -2.11. The Hall–Kier alpha value is -0.820. The average molecular weight is 191 g/mol. The molecule has 0 heterocycles. The molecule has 1 aromatic rings. The summed E-state index contributed by atoms with van der Waals surface area (Å²) >= 11 is 0. The van der Waals surface area contributed by atoms with Crippen molar-refractivity contribution in [3.05, 3.63) is 35.4 Å². The first kappa shape index (κ1) is 11.3. The molecule has 0 aliphatic heterocycles. The molecule has 2 N–H and O–H groups in total. The van der Waals surface area contributed by atoms with Crippen molar-refractivity contribution in [1.29, 1.82) is 0 Å². The van der Waals surface area contributed by atoms with Crippen LogP contribution in [0.25, 0.3) is 0 Å². The number of hydrogen-bond donors (Lipinski definition) is 1. The highest BCUT2D eigenvalue weighted by Gasteiger charge is 2.06. The molecule has 0 bridgehead atoms. The van der Waals surface area contributed by atoms with Gasteiger partial charge in [-0.15, -0.1) is 0 Å². The summed E-state index contributed by atoms with van der Waals surface area (Å²) in [5.41, 5.74) is 8.68. The number of benzene rings is 1. The van der Waals surface area contributed by atoms with Gasteiger partial charge in [0, 0.05) is 6.04 Å². The van der Waals surface area contributed by atoms with E-state index in [4.69, 9.17) is 5.73 Å². The van der Waals surface area contributed by atoms with Crippen molar-refractivity contribution in [3.8, 4) is 0 Å². The van der Waals surface area contributed by atoms with Gasteiger partial charge in [-0.2, -0.15) is 0 Å². The van der Waals surface area contributed by atoms with Crippen LogP contribution in [0, 0.1) is 12.8 Å². The average Bonchev–Trinajstić information content (AvgIpc) is 2.14. The summed E-state index contributed by atoms with van der Waals surface area (Å²) in [6.45, 7) is 6.59. The zero-order chi connectivity index (χ0) is 10.6. The first-order valence-corrected chi connectivity index (χ1v) is 5.41. The molecule has 78 valence electrons. The molecule has 1 unspecified atom stereocenters. The van der Waals surface area contributed by atoms with E-state index in [1.54, 1.807) is 0 Å². The Balaban J connectivity index is 2.56. The smallest absolute Gasteiger partial charge is 0.0295 e. The highest BCUT2D eigenvalue weighted by atomic mass is 14.6. The topological polar surface area (TPSA) is 26.0 Å². The molecule has 14 heavy (non-hydrogen) atoms. The fraction of sp³-hybridized carbons (Fsp3) is 0.538. The fourth-order valence-electron chi connectivity index (χ4n) is 1.58. The molecule has 0 saturated heterocycles. The van der Waals surface area contributed by atoms with Gasteiger partial charge in [-0.25, -0.2) is 0 Å².